The number of carbonyl (C=O) groups excluding carboxylic acids is 1. The zero-order chi connectivity index (χ0) is 9.97. The van der Waals surface area contributed by atoms with Crippen LogP contribution in [0.2, 0.25) is 0 Å². The van der Waals surface area contributed by atoms with Gasteiger partial charge in [0.05, 0.1) is 0 Å². The largest absolute Gasteiger partial charge is 0.299 e. The van der Waals surface area contributed by atoms with E-state index in [1.165, 1.54) is 12.0 Å². The van der Waals surface area contributed by atoms with Gasteiger partial charge in [0, 0.05) is 11.8 Å². The fourth-order valence-electron chi connectivity index (χ4n) is 2.27. The third-order valence-corrected chi connectivity index (χ3v) is 3.16. The number of ketones is 1. The minimum atomic E-state index is 0.167. The van der Waals surface area contributed by atoms with E-state index in [4.69, 9.17) is 0 Å². The molecule has 2 atom stereocenters. The summed E-state index contributed by atoms with van der Waals surface area (Å²) in [5, 5.41) is 0. The smallest absolute Gasteiger partial charge is 0.143 e. The summed E-state index contributed by atoms with van der Waals surface area (Å²) in [5.74, 6) is 0.858. The first-order valence-corrected chi connectivity index (χ1v) is 5.37. The molecule has 0 spiro atoms. The van der Waals surface area contributed by atoms with Crippen LogP contribution in [0, 0.1) is 5.92 Å². The van der Waals surface area contributed by atoms with Crippen LogP contribution in [0.4, 0.5) is 0 Å². The Hall–Kier alpha value is -1.11. The molecule has 1 aromatic carbocycles. The van der Waals surface area contributed by atoms with E-state index >= 15 is 0 Å². The average molecular weight is 188 g/mol. The molecule has 0 aromatic heterocycles. The van der Waals surface area contributed by atoms with Crippen molar-refractivity contribution in [1.29, 1.82) is 0 Å². The zero-order valence-electron chi connectivity index (χ0n) is 8.57. The number of hydrogen-bond acceptors (Lipinski definition) is 1. The predicted octanol–water partition coefficient (Wildman–Crippen LogP) is 3.16. The maximum atomic E-state index is 11.9. The Balaban J connectivity index is 2.22. The first-order valence-electron chi connectivity index (χ1n) is 5.37. The lowest BCUT2D eigenvalue weighted by atomic mass is 9.78. The summed E-state index contributed by atoms with van der Waals surface area (Å²) < 4.78 is 0. The quantitative estimate of drug-likeness (QED) is 0.661. The number of benzene rings is 1. The van der Waals surface area contributed by atoms with Gasteiger partial charge in [0.2, 0.25) is 0 Å². The normalized spacial score (nSPS) is 27.6. The van der Waals surface area contributed by atoms with Crippen LogP contribution < -0.4 is 0 Å². The highest BCUT2D eigenvalue weighted by Crippen LogP contribution is 2.32. The van der Waals surface area contributed by atoms with Gasteiger partial charge in [0.25, 0.3) is 0 Å². The van der Waals surface area contributed by atoms with Crippen molar-refractivity contribution in [3.05, 3.63) is 35.9 Å². The average Bonchev–Trinajstić information content (AvgIpc) is 2.23. The van der Waals surface area contributed by atoms with Crippen LogP contribution >= 0.6 is 0 Å². The van der Waals surface area contributed by atoms with Crippen LogP contribution in [0.25, 0.3) is 0 Å². The molecule has 0 N–H and O–H groups in total. The van der Waals surface area contributed by atoms with Gasteiger partial charge in [-0.25, -0.2) is 0 Å². The Morgan fingerprint density at radius 2 is 1.86 bits per heavy atom. The number of hydrogen-bond donors (Lipinski definition) is 0. The van der Waals surface area contributed by atoms with E-state index in [0.29, 0.717) is 5.78 Å². The first kappa shape index (κ1) is 9.45. The topological polar surface area (TPSA) is 17.1 Å². The van der Waals surface area contributed by atoms with Crippen LogP contribution in [0.5, 0.6) is 0 Å². The van der Waals surface area contributed by atoms with Crippen molar-refractivity contribution >= 4 is 5.78 Å². The molecule has 1 aromatic rings. The maximum Gasteiger partial charge on any atom is 0.143 e. The number of carbonyl (C=O) groups is 1. The Morgan fingerprint density at radius 1 is 1.14 bits per heavy atom. The molecule has 74 valence electrons. The molecule has 0 amide bonds. The fourth-order valence-corrected chi connectivity index (χ4v) is 2.27. The third-order valence-electron chi connectivity index (χ3n) is 3.16. The van der Waals surface area contributed by atoms with Crippen molar-refractivity contribution in [3.8, 4) is 0 Å². The van der Waals surface area contributed by atoms with E-state index < -0.39 is 0 Å². The van der Waals surface area contributed by atoms with E-state index in [-0.39, 0.29) is 11.8 Å². The van der Waals surface area contributed by atoms with Crippen molar-refractivity contribution in [3.63, 3.8) is 0 Å². The van der Waals surface area contributed by atoms with Gasteiger partial charge in [0.15, 0.2) is 0 Å². The molecule has 1 heteroatoms. The Bertz CT molecular complexity index is 315. The van der Waals surface area contributed by atoms with Gasteiger partial charge in [-0.05, 0) is 18.4 Å². The second-order valence-corrected chi connectivity index (χ2v) is 4.20. The van der Waals surface area contributed by atoms with E-state index in [1.54, 1.807) is 0 Å². The molecule has 0 bridgehead atoms. The molecule has 1 saturated carbocycles. The van der Waals surface area contributed by atoms with Crippen molar-refractivity contribution in [2.24, 2.45) is 5.92 Å². The molecular weight excluding hydrogens is 172 g/mol. The molecule has 1 aliphatic carbocycles. The lowest BCUT2D eigenvalue weighted by Gasteiger charge is -2.25. The molecule has 0 heterocycles. The highest BCUT2D eigenvalue weighted by Gasteiger charge is 2.28. The van der Waals surface area contributed by atoms with Crippen LogP contribution in [0.3, 0.4) is 0 Å². The van der Waals surface area contributed by atoms with Crippen LogP contribution in [-0.2, 0) is 4.79 Å². The summed E-state index contributed by atoms with van der Waals surface area (Å²) in [6.45, 7) is 2.05. The molecule has 0 saturated heterocycles. The standard InChI is InChI=1S/C13H16O/c1-10-6-5-9-12(13(10)14)11-7-3-2-4-8-11/h2-4,7-8,10,12H,5-6,9H2,1H3/t10-,12-/m0/s1. The second kappa shape index (κ2) is 3.95. The predicted molar refractivity (Wildman–Crippen MR) is 57.2 cm³/mol. The number of Topliss-reactive ketones (excluding diaryl/α,β-unsaturated/α-hetero) is 1. The summed E-state index contributed by atoms with van der Waals surface area (Å²) in [6, 6.07) is 10.2. The molecule has 1 fully saturated rings. The van der Waals surface area contributed by atoms with Crippen molar-refractivity contribution in [1.82, 2.24) is 0 Å². The lowest BCUT2D eigenvalue weighted by Crippen LogP contribution is -2.24. The van der Waals surface area contributed by atoms with Crippen molar-refractivity contribution in [2.75, 3.05) is 0 Å². The molecule has 14 heavy (non-hydrogen) atoms. The van der Waals surface area contributed by atoms with Crippen molar-refractivity contribution < 1.29 is 4.79 Å². The summed E-state index contributed by atoms with van der Waals surface area (Å²) in [4.78, 5) is 11.9. The molecule has 0 aliphatic heterocycles. The van der Waals surface area contributed by atoms with E-state index in [0.717, 1.165) is 12.8 Å². The van der Waals surface area contributed by atoms with Gasteiger partial charge in [-0.1, -0.05) is 43.7 Å². The van der Waals surface area contributed by atoms with Crippen LogP contribution in [-0.4, -0.2) is 5.78 Å². The molecular formula is C13H16O. The third kappa shape index (κ3) is 1.72. The monoisotopic (exact) mass is 188 g/mol. The minimum absolute atomic E-state index is 0.167. The zero-order valence-corrected chi connectivity index (χ0v) is 8.57. The van der Waals surface area contributed by atoms with Gasteiger partial charge >= 0.3 is 0 Å². The van der Waals surface area contributed by atoms with Gasteiger partial charge in [-0.3, -0.25) is 4.79 Å². The van der Waals surface area contributed by atoms with Crippen LogP contribution in [0.1, 0.15) is 37.7 Å². The summed E-state index contributed by atoms with van der Waals surface area (Å²) >= 11 is 0. The lowest BCUT2D eigenvalue weighted by molar-refractivity contribution is -0.125. The van der Waals surface area contributed by atoms with Gasteiger partial charge in [0.1, 0.15) is 5.78 Å². The molecule has 0 unspecified atom stereocenters. The summed E-state index contributed by atoms with van der Waals surface area (Å²) in [5.41, 5.74) is 1.20. The Morgan fingerprint density at radius 3 is 2.57 bits per heavy atom. The fraction of sp³-hybridized carbons (Fsp3) is 0.462. The van der Waals surface area contributed by atoms with E-state index in [1.807, 2.05) is 18.2 Å². The Kier molecular flexibility index (Phi) is 2.67. The van der Waals surface area contributed by atoms with Gasteiger partial charge in [-0.2, -0.15) is 0 Å². The van der Waals surface area contributed by atoms with Gasteiger partial charge in [-0.15, -0.1) is 0 Å². The number of rotatable bonds is 1. The summed E-state index contributed by atoms with van der Waals surface area (Å²) in [6.07, 6.45) is 3.29. The Labute approximate surface area is 85.1 Å². The van der Waals surface area contributed by atoms with E-state index in [2.05, 4.69) is 19.1 Å². The minimum Gasteiger partial charge on any atom is -0.299 e. The second-order valence-electron chi connectivity index (χ2n) is 4.20. The molecule has 1 nitrogen and oxygen atoms in total. The molecule has 2 rings (SSSR count). The van der Waals surface area contributed by atoms with Gasteiger partial charge < -0.3 is 0 Å². The summed E-state index contributed by atoms with van der Waals surface area (Å²) in [7, 11) is 0. The maximum absolute atomic E-state index is 11.9. The SMILES string of the molecule is C[C@H]1CCC[C@@H](c2ccccc2)C1=O. The highest BCUT2D eigenvalue weighted by atomic mass is 16.1. The highest BCUT2D eigenvalue weighted by molar-refractivity contribution is 5.88. The van der Waals surface area contributed by atoms with Crippen LogP contribution in [0.15, 0.2) is 30.3 Å². The van der Waals surface area contributed by atoms with Crippen molar-refractivity contribution in [2.45, 2.75) is 32.1 Å². The molecule has 1 aliphatic rings. The first-order chi connectivity index (χ1) is 6.79. The molecule has 0 radical (unpaired) electrons. The van der Waals surface area contributed by atoms with E-state index in [9.17, 15) is 4.79 Å².